The van der Waals surface area contributed by atoms with E-state index in [1.807, 2.05) is 0 Å². The third-order valence-corrected chi connectivity index (χ3v) is 9.41. The Morgan fingerprint density at radius 2 is 0.795 bits per heavy atom. The van der Waals surface area contributed by atoms with Crippen LogP contribution < -0.4 is 29.6 Å². The van der Waals surface area contributed by atoms with Gasteiger partial charge in [-0.2, -0.15) is 0 Å². The molecule has 4 nitrogen and oxygen atoms in total. The Balaban J connectivity index is 0. The van der Waals surface area contributed by atoms with Crippen LogP contribution in [0.3, 0.4) is 0 Å². The van der Waals surface area contributed by atoms with Gasteiger partial charge in [-0.05, 0) is 19.3 Å². The van der Waals surface area contributed by atoms with Gasteiger partial charge in [0.25, 0.3) is 0 Å². The topological polar surface area (TPSA) is 66.4 Å². The maximum Gasteiger partial charge on any atom is 1.00 e. The zero-order chi connectivity index (χ0) is 31.5. The maximum absolute atomic E-state index is 11.0. The fourth-order valence-corrected chi connectivity index (χ4v) is 6.45. The summed E-state index contributed by atoms with van der Waals surface area (Å²) in [6.07, 6.45) is 46.8. The molecule has 0 bridgehead atoms. The average Bonchev–Trinajstić information content (AvgIpc) is 2.98. The van der Waals surface area contributed by atoms with Crippen LogP contribution in [0, 0.1) is 5.92 Å². The second kappa shape index (κ2) is 38.1. The van der Waals surface area contributed by atoms with E-state index in [-0.39, 0.29) is 42.1 Å². The van der Waals surface area contributed by atoms with Crippen molar-refractivity contribution in [2.24, 2.45) is 5.92 Å². The van der Waals surface area contributed by atoms with E-state index >= 15 is 0 Å². The number of allylic oxidation sites excluding steroid dienone is 1. The van der Waals surface area contributed by atoms with Gasteiger partial charge in [-0.3, -0.25) is 4.18 Å². The van der Waals surface area contributed by atoms with Gasteiger partial charge < -0.3 is 4.55 Å². The molecule has 0 rings (SSSR count). The summed E-state index contributed by atoms with van der Waals surface area (Å²) in [7, 11) is -4.62. The van der Waals surface area contributed by atoms with E-state index in [2.05, 4.69) is 30.2 Å². The summed E-state index contributed by atoms with van der Waals surface area (Å²) >= 11 is 0. The molecule has 0 saturated heterocycles. The van der Waals surface area contributed by atoms with E-state index in [1.54, 1.807) is 0 Å². The standard InChI is InChI=1S/C38H76O4S.Na/c1-3-5-7-9-11-13-15-17-19-20-22-24-26-28-30-32-34-36-38(37-42-43(39,40)41)35-33-31-29-27-25-23-21-18-16-14-12-10-8-6-4-2;/h34,36,38H,3-33,35,37H2,1-2H3,(H,39,40,41);/q;+1/p-1/b36-34+;. The Morgan fingerprint density at radius 1 is 0.500 bits per heavy atom. The van der Waals surface area contributed by atoms with Gasteiger partial charge in [0.15, 0.2) is 0 Å². The second-order valence-electron chi connectivity index (χ2n) is 13.4. The van der Waals surface area contributed by atoms with Gasteiger partial charge in [0.2, 0.25) is 10.4 Å². The third-order valence-electron chi connectivity index (χ3n) is 8.99. The second-order valence-corrected chi connectivity index (χ2v) is 14.4. The maximum atomic E-state index is 11.0. The smallest absolute Gasteiger partial charge is 0.726 e. The summed E-state index contributed by atoms with van der Waals surface area (Å²) in [6, 6.07) is 0. The Labute approximate surface area is 299 Å². The molecule has 0 saturated carbocycles. The molecule has 0 N–H and O–H groups in total. The Hall–Kier alpha value is 0.610. The van der Waals surface area contributed by atoms with Gasteiger partial charge in [0, 0.05) is 5.92 Å². The fraction of sp³-hybridized carbons (Fsp3) is 0.947. The van der Waals surface area contributed by atoms with Crippen molar-refractivity contribution in [1.29, 1.82) is 0 Å². The van der Waals surface area contributed by atoms with E-state index < -0.39 is 10.4 Å². The minimum absolute atomic E-state index is 0. The molecule has 0 spiro atoms. The molecule has 0 amide bonds. The van der Waals surface area contributed by atoms with Crippen LogP contribution in [-0.2, 0) is 14.6 Å². The van der Waals surface area contributed by atoms with Gasteiger partial charge in [-0.15, -0.1) is 0 Å². The quantitative estimate of drug-likeness (QED) is 0.0223. The first-order valence-corrected chi connectivity index (χ1v) is 20.6. The summed E-state index contributed by atoms with van der Waals surface area (Å²) < 4.78 is 37.6. The number of hydrogen-bond acceptors (Lipinski definition) is 4. The monoisotopic (exact) mass is 651 g/mol. The normalized spacial score (nSPS) is 12.6. The third kappa shape index (κ3) is 40.6. The minimum Gasteiger partial charge on any atom is -0.726 e. The zero-order valence-corrected chi connectivity index (χ0v) is 32.9. The Kier molecular flexibility index (Phi) is 40.4. The summed E-state index contributed by atoms with van der Waals surface area (Å²) in [5.41, 5.74) is 0. The molecule has 0 aromatic heterocycles. The summed E-state index contributed by atoms with van der Waals surface area (Å²) in [6.45, 7) is 4.54. The molecule has 44 heavy (non-hydrogen) atoms. The van der Waals surface area contributed by atoms with E-state index in [0.717, 1.165) is 19.3 Å². The van der Waals surface area contributed by atoms with Crippen LogP contribution in [0.5, 0.6) is 0 Å². The zero-order valence-electron chi connectivity index (χ0n) is 30.1. The first kappa shape index (κ1) is 46.7. The van der Waals surface area contributed by atoms with Crippen LogP contribution in [0.1, 0.15) is 219 Å². The SMILES string of the molecule is CCCCCCCCCCCCCCCCC/C=C/C(CCCCCCCCCCCCCCCCC)COS(=O)(=O)[O-].[Na+]. The molecule has 0 aliphatic carbocycles. The Bertz CT molecular complexity index is 668. The molecule has 1 unspecified atom stereocenters. The van der Waals surface area contributed by atoms with Crippen LogP contribution >= 0.6 is 0 Å². The number of unbranched alkanes of at least 4 members (excludes halogenated alkanes) is 29. The minimum atomic E-state index is -4.62. The number of hydrogen-bond donors (Lipinski definition) is 0. The van der Waals surface area contributed by atoms with E-state index in [4.69, 9.17) is 0 Å². The van der Waals surface area contributed by atoms with Crippen molar-refractivity contribution < 1.29 is 46.7 Å². The molecular formula is C38H75NaO4S. The van der Waals surface area contributed by atoms with Crippen molar-refractivity contribution in [3.8, 4) is 0 Å². The molecule has 0 aromatic carbocycles. The van der Waals surface area contributed by atoms with E-state index in [9.17, 15) is 13.0 Å². The van der Waals surface area contributed by atoms with Crippen molar-refractivity contribution in [2.75, 3.05) is 6.61 Å². The fourth-order valence-electron chi connectivity index (χ4n) is 6.11. The summed E-state index contributed by atoms with van der Waals surface area (Å²) in [5.74, 6) is 0.0158. The average molecular weight is 651 g/mol. The predicted octanol–water partition coefficient (Wildman–Crippen LogP) is 10.2. The van der Waals surface area contributed by atoms with Crippen LogP contribution in [-0.4, -0.2) is 19.6 Å². The molecule has 258 valence electrons. The van der Waals surface area contributed by atoms with Crippen LogP contribution in [0.15, 0.2) is 12.2 Å². The summed E-state index contributed by atoms with van der Waals surface area (Å²) in [5, 5.41) is 0. The van der Waals surface area contributed by atoms with Gasteiger partial charge in [-0.25, -0.2) is 8.42 Å². The first-order chi connectivity index (χ1) is 21.0. The van der Waals surface area contributed by atoms with Crippen molar-refractivity contribution >= 4 is 10.4 Å². The molecular weight excluding hydrogens is 575 g/mol. The Morgan fingerprint density at radius 3 is 1.11 bits per heavy atom. The molecule has 0 aromatic rings. The van der Waals surface area contributed by atoms with E-state index in [0.29, 0.717) is 0 Å². The van der Waals surface area contributed by atoms with Crippen molar-refractivity contribution in [1.82, 2.24) is 0 Å². The molecule has 0 aliphatic rings. The van der Waals surface area contributed by atoms with Gasteiger partial charge in [0.05, 0.1) is 6.61 Å². The van der Waals surface area contributed by atoms with Crippen LogP contribution in [0.2, 0.25) is 0 Å². The molecule has 0 aliphatic heterocycles. The molecule has 6 heteroatoms. The van der Waals surface area contributed by atoms with Crippen molar-refractivity contribution in [3.63, 3.8) is 0 Å². The molecule has 0 fully saturated rings. The van der Waals surface area contributed by atoms with Crippen LogP contribution in [0.4, 0.5) is 0 Å². The van der Waals surface area contributed by atoms with Gasteiger partial charge >= 0.3 is 29.6 Å². The molecule has 1 atom stereocenters. The molecule has 0 radical (unpaired) electrons. The summed E-state index contributed by atoms with van der Waals surface area (Å²) in [4.78, 5) is 0. The van der Waals surface area contributed by atoms with Gasteiger partial charge in [-0.1, -0.05) is 212 Å². The molecule has 0 heterocycles. The van der Waals surface area contributed by atoms with Gasteiger partial charge in [0.1, 0.15) is 0 Å². The van der Waals surface area contributed by atoms with Crippen LogP contribution in [0.25, 0.3) is 0 Å². The largest absolute Gasteiger partial charge is 1.00 e. The number of rotatable bonds is 36. The van der Waals surface area contributed by atoms with Crippen molar-refractivity contribution in [2.45, 2.75) is 219 Å². The van der Waals surface area contributed by atoms with E-state index in [1.165, 1.54) is 186 Å². The first-order valence-electron chi connectivity index (χ1n) is 19.3. The van der Waals surface area contributed by atoms with Crippen molar-refractivity contribution in [3.05, 3.63) is 12.2 Å². The predicted molar refractivity (Wildman–Crippen MR) is 187 cm³/mol.